The number of hydrogen-bond acceptors (Lipinski definition) is 2. The van der Waals surface area contributed by atoms with Crippen molar-refractivity contribution >= 4 is 0 Å². The van der Waals surface area contributed by atoms with Gasteiger partial charge >= 0.3 is 6.18 Å². The van der Waals surface area contributed by atoms with E-state index < -0.39 is 81.0 Å². The molecule has 0 spiro atoms. The van der Waals surface area contributed by atoms with E-state index in [4.69, 9.17) is 10.2 Å². The van der Waals surface area contributed by atoms with Crippen LogP contribution in [0.3, 0.4) is 0 Å². The minimum absolute atomic E-state index is 2.55. The van der Waals surface area contributed by atoms with Crippen molar-refractivity contribution in [3.8, 4) is 11.5 Å². The monoisotopic (exact) mass is 430 g/mol. The van der Waals surface area contributed by atoms with Crippen LogP contribution >= 0.6 is 0 Å². The maximum absolute atomic E-state index is 14.9. The van der Waals surface area contributed by atoms with Gasteiger partial charge in [-0.3, -0.25) is 0 Å². The molecular formula is C14H2F12O2. The molecule has 0 atom stereocenters. The van der Waals surface area contributed by atoms with Crippen LogP contribution in [0.15, 0.2) is 0 Å². The highest BCUT2D eigenvalue weighted by Crippen LogP contribution is 2.53. The molecule has 28 heavy (non-hydrogen) atoms. The van der Waals surface area contributed by atoms with Crippen LogP contribution in [0, 0.1) is 46.5 Å². The molecule has 2 rings (SSSR count). The van der Waals surface area contributed by atoms with Crippen LogP contribution in [-0.4, -0.2) is 16.4 Å². The van der Waals surface area contributed by atoms with Gasteiger partial charge in [-0.05, 0) is 0 Å². The SMILES string of the molecule is Oc1c(F)c(F)c(C(F)(c2c(F)c(F)c(O)c(F)c2F)C(F)(F)F)c(F)c1F. The second kappa shape index (κ2) is 6.38. The van der Waals surface area contributed by atoms with Gasteiger partial charge in [-0.2, -0.15) is 30.7 Å². The molecule has 0 bridgehead atoms. The average molecular weight is 430 g/mol. The molecule has 2 aromatic carbocycles. The van der Waals surface area contributed by atoms with Crippen LogP contribution in [0.5, 0.6) is 11.5 Å². The minimum Gasteiger partial charge on any atom is -0.503 e. The second-order valence-electron chi connectivity index (χ2n) is 5.12. The highest BCUT2D eigenvalue weighted by molar-refractivity contribution is 5.47. The van der Waals surface area contributed by atoms with Crippen molar-refractivity contribution in [1.29, 1.82) is 0 Å². The molecule has 0 heterocycles. The van der Waals surface area contributed by atoms with Crippen molar-refractivity contribution in [1.82, 2.24) is 0 Å². The molecule has 0 aliphatic carbocycles. The number of alkyl halides is 4. The fourth-order valence-corrected chi connectivity index (χ4v) is 2.25. The van der Waals surface area contributed by atoms with E-state index in [1.165, 1.54) is 0 Å². The zero-order valence-corrected chi connectivity index (χ0v) is 12.4. The van der Waals surface area contributed by atoms with E-state index in [-0.39, 0.29) is 0 Å². The fraction of sp³-hybridized carbons (Fsp3) is 0.143. The van der Waals surface area contributed by atoms with Crippen LogP contribution in [0.2, 0.25) is 0 Å². The van der Waals surface area contributed by atoms with E-state index in [0.717, 1.165) is 0 Å². The predicted molar refractivity (Wildman–Crippen MR) is 63.8 cm³/mol. The van der Waals surface area contributed by atoms with E-state index in [1.54, 1.807) is 0 Å². The third-order valence-corrected chi connectivity index (χ3v) is 3.56. The Morgan fingerprint density at radius 1 is 0.429 bits per heavy atom. The van der Waals surface area contributed by atoms with E-state index in [2.05, 4.69) is 0 Å². The van der Waals surface area contributed by atoms with Crippen molar-refractivity contribution in [3.63, 3.8) is 0 Å². The Kier molecular flexibility index (Phi) is 4.90. The number of hydrogen-bond donors (Lipinski definition) is 2. The summed E-state index contributed by atoms with van der Waals surface area (Å²) >= 11 is 0. The van der Waals surface area contributed by atoms with E-state index in [9.17, 15) is 52.7 Å². The van der Waals surface area contributed by atoms with Gasteiger partial charge in [0, 0.05) is 0 Å². The lowest BCUT2D eigenvalue weighted by Crippen LogP contribution is -2.43. The van der Waals surface area contributed by atoms with Gasteiger partial charge in [0.1, 0.15) is 0 Å². The number of benzene rings is 2. The van der Waals surface area contributed by atoms with Crippen LogP contribution in [0.4, 0.5) is 52.7 Å². The van der Waals surface area contributed by atoms with Crippen LogP contribution in [0.25, 0.3) is 0 Å². The lowest BCUT2D eigenvalue weighted by molar-refractivity contribution is -0.223. The van der Waals surface area contributed by atoms with Crippen molar-refractivity contribution in [2.24, 2.45) is 0 Å². The van der Waals surface area contributed by atoms with Crippen LogP contribution < -0.4 is 0 Å². The third kappa shape index (κ3) is 2.61. The molecule has 0 saturated heterocycles. The standard InChI is InChI=1S/C14H2F12O2/c15-3-1(4(16)8(20)11(27)7(3)19)13(23,14(24,25)26)2-5(17)9(21)12(28)10(22)6(2)18/h27-28H. The first kappa shape index (κ1) is 21.5. The first-order chi connectivity index (χ1) is 12.6. The summed E-state index contributed by atoms with van der Waals surface area (Å²) in [7, 11) is 0. The first-order valence-corrected chi connectivity index (χ1v) is 6.47. The Bertz CT molecular complexity index is 854. The van der Waals surface area contributed by atoms with Crippen molar-refractivity contribution in [3.05, 3.63) is 57.7 Å². The van der Waals surface area contributed by atoms with Crippen molar-refractivity contribution in [2.75, 3.05) is 0 Å². The molecule has 0 unspecified atom stereocenters. The van der Waals surface area contributed by atoms with Gasteiger partial charge < -0.3 is 10.2 Å². The summed E-state index contributed by atoms with van der Waals surface area (Å²) in [6.07, 6.45) is -6.87. The number of rotatable bonds is 2. The Labute approximate surface area is 145 Å². The quantitative estimate of drug-likeness (QED) is 0.521. The summed E-state index contributed by atoms with van der Waals surface area (Å²) in [5, 5.41) is 17.5. The summed E-state index contributed by atoms with van der Waals surface area (Å²) in [6.45, 7) is 0. The second-order valence-corrected chi connectivity index (χ2v) is 5.12. The summed E-state index contributed by atoms with van der Waals surface area (Å²) in [5.41, 5.74) is -13.0. The molecule has 2 nitrogen and oxygen atoms in total. The van der Waals surface area contributed by atoms with Gasteiger partial charge in [-0.1, -0.05) is 0 Å². The molecule has 0 aromatic heterocycles. The minimum atomic E-state index is -6.87. The molecule has 0 radical (unpaired) electrons. The summed E-state index contributed by atoms with van der Waals surface area (Å²) in [5.74, 6) is -30.3. The number of phenolic OH excluding ortho intramolecular Hbond substituents is 2. The molecule has 2 aromatic rings. The Morgan fingerprint density at radius 2 is 0.643 bits per heavy atom. The number of phenols is 2. The summed E-state index contributed by atoms with van der Waals surface area (Å²) in [6, 6.07) is 0. The normalized spacial score (nSPS) is 12.6. The Hall–Kier alpha value is -2.80. The maximum atomic E-state index is 14.9. The largest absolute Gasteiger partial charge is 0.503 e. The molecule has 0 amide bonds. The van der Waals surface area contributed by atoms with Gasteiger partial charge in [0.05, 0.1) is 11.1 Å². The lowest BCUT2D eigenvalue weighted by atomic mass is 9.85. The van der Waals surface area contributed by atoms with Gasteiger partial charge in [0.2, 0.25) is 23.3 Å². The van der Waals surface area contributed by atoms with Crippen LogP contribution in [-0.2, 0) is 5.67 Å². The number of halogens is 12. The molecule has 0 fully saturated rings. The fourth-order valence-electron chi connectivity index (χ4n) is 2.25. The van der Waals surface area contributed by atoms with Gasteiger partial charge in [0.25, 0.3) is 5.67 Å². The average Bonchev–Trinajstić information content (AvgIpc) is 2.60. The number of aromatic hydroxyl groups is 2. The van der Waals surface area contributed by atoms with Crippen LogP contribution in [0.1, 0.15) is 11.1 Å². The smallest absolute Gasteiger partial charge is 0.431 e. The van der Waals surface area contributed by atoms with Crippen molar-refractivity contribution < 1.29 is 62.9 Å². The van der Waals surface area contributed by atoms with Gasteiger partial charge in [-0.25, -0.2) is 22.0 Å². The van der Waals surface area contributed by atoms with E-state index in [1.807, 2.05) is 0 Å². The molecule has 0 aliphatic heterocycles. The summed E-state index contributed by atoms with van der Waals surface area (Å²) < 4.78 is 163. The molecule has 154 valence electrons. The summed E-state index contributed by atoms with van der Waals surface area (Å²) in [4.78, 5) is 0. The van der Waals surface area contributed by atoms with Gasteiger partial charge in [0.15, 0.2) is 34.8 Å². The topological polar surface area (TPSA) is 40.5 Å². The Morgan fingerprint density at radius 3 is 0.821 bits per heavy atom. The predicted octanol–water partition coefficient (Wildman–Crippen LogP) is 4.99. The van der Waals surface area contributed by atoms with Crippen molar-refractivity contribution in [2.45, 2.75) is 11.8 Å². The zero-order valence-electron chi connectivity index (χ0n) is 12.4. The Balaban J connectivity index is 3.17. The molecular weight excluding hydrogens is 428 g/mol. The van der Waals surface area contributed by atoms with E-state index >= 15 is 0 Å². The molecule has 14 heteroatoms. The molecule has 2 N–H and O–H groups in total. The molecule has 0 saturated carbocycles. The molecule has 0 aliphatic rings. The highest BCUT2D eigenvalue weighted by Gasteiger charge is 2.65. The first-order valence-electron chi connectivity index (χ1n) is 6.47. The zero-order chi connectivity index (χ0) is 21.9. The highest BCUT2D eigenvalue weighted by atomic mass is 19.4. The lowest BCUT2D eigenvalue weighted by Gasteiger charge is -2.30. The third-order valence-electron chi connectivity index (χ3n) is 3.56. The van der Waals surface area contributed by atoms with Gasteiger partial charge in [-0.15, -0.1) is 0 Å². The van der Waals surface area contributed by atoms with E-state index in [0.29, 0.717) is 0 Å². The maximum Gasteiger partial charge on any atom is 0.431 e.